The molecule has 4 heterocycles. The second kappa shape index (κ2) is 7.10. The molecule has 0 spiro atoms. The zero-order chi connectivity index (χ0) is 20.7. The van der Waals surface area contributed by atoms with Gasteiger partial charge in [0.2, 0.25) is 11.8 Å². The minimum absolute atomic E-state index is 0.243. The van der Waals surface area contributed by atoms with E-state index in [0.29, 0.717) is 29.0 Å². The summed E-state index contributed by atoms with van der Waals surface area (Å²) in [6.45, 7) is 2.40. The van der Waals surface area contributed by atoms with E-state index in [4.69, 9.17) is 0 Å². The Morgan fingerprint density at radius 3 is 2.90 bits per heavy atom. The zero-order valence-corrected chi connectivity index (χ0v) is 16.1. The summed E-state index contributed by atoms with van der Waals surface area (Å²) < 4.78 is 1.56. The summed E-state index contributed by atoms with van der Waals surface area (Å²) in [5.74, 6) is 0.146. The van der Waals surface area contributed by atoms with E-state index < -0.39 is 5.69 Å². The Morgan fingerprint density at radius 1 is 1.30 bits per heavy atom. The quantitative estimate of drug-likeness (QED) is 0.358. The first kappa shape index (κ1) is 18.0. The first-order valence-corrected chi connectivity index (χ1v) is 9.54. The van der Waals surface area contributed by atoms with Crippen molar-refractivity contribution in [1.82, 2.24) is 34.5 Å². The lowest BCUT2D eigenvalue weighted by molar-refractivity contribution is 0.454. The SMILES string of the molecule is Cc1cccc(CNc2nc(=NC3CC3)n3nc/c(=C\c4[nH]c(=O)[nH]c4O)c3n2)n1. The molecule has 11 nitrogen and oxygen atoms in total. The second-order valence-electron chi connectivity index (χ2n) is 7.15. The summed E-state index contributed by atoms with van der Waals surface area (Å²) in [6.07, 6.45) is 5.24. The molecule has 4 aromatic rings. The van der Waals surface area contributed by atoms with Gasteiger partial charge in [0.15, 0.2) is 5.65 Å². The third-order valence-electron chi connectivity index (χ3n) is 4.63. The van der Waals surface area contributed by atoms with Crippen LogP contribution in [0.4, 0.5) is 5.95 Å². The molecule has 0 saturated heterocycles. The van der Waals surface area contributed by atoms with Gasteiger partial charge in [-0.25, -0.2) is 9.79 Å². The maximum absolute atomic E-state index is 11.4. The van der Waals surface area contributed by atoms with E-state index in [-0.39, 0.29) is 17.6 Å². The van der Waals surface area contributed by atoms with Crippen LogP contribution in [0.5, 0.6) is 5.88 Å². The molecule has 0 atom stereocenters. The van der Waals surface area contributed by atoms with Crippen LogP contribution >= 0.6 is 0 Å². The van der Waals surface area contributed by atoms with Gasteiger partial charge < -0.3 is 15.4 Å². The number of nitrogens with one attached hydrogen (secondary N) is 3. The van der Waals surface area contributed by atoms with Crippen LogP contribution in [0.2, 0.25) is 0 Å². The number of aromatic hydroxyl groups is 1. The molecule has 152 valence electrons. The summed E-state index contributed by atoms with van der Waals surface area (Å²) in [6, 6.07) is 6.06. The van der Waals surface area contributed by atoms with Gasteiger partial charge in [-0.2, -0.15) is 19.6 Å². The number of hydrogen-bond acceptors (Lipinski definition) is 8. The number of H-pyrrole nitrogens is 2. The molecule has 4 aromatic heterocycles. The van der Waals surface area contributed by atoms with Crippen LogP contribution in [0, 0.1) is 6.92 Å². The Hall–Kier alpha value is -4.02. The van der Waals surface area contributed by atoms with Crippen LogP contribution in [-0.2, 0) is 6.54 Å². The molecule has 1 aliphatic carbocycles. The molecule has 30 heavy (non-hydrogen) atoms. The number of rotatable bonds is 5. The number of anilines is 1. The van der Waals surface area contributed by atoms with Crippen LogP contribution in [0.25, 0.3) is 11.7 Å². The fourth-order valence-corrected chi connectivity index (χ4v) is 3.03. The lowest BCUT2D eigenvalue weighted by Gasteiger charge is -2.05. The van der Waals surface area contributed by atoms with Gasteiger partial charge in [-0.1, -0.05) is 6.07 Å². The largest absolute Gasteiger partial charge is 0.493 e. The smallest absolute Gasteiger partial charge is 0.326 e. The highest BCUT2D eigenvalue weighted by molar-refractivity contribution is 5.57. The predicted octanol–water partition coefficient (Wildman–Crippen LogP) is -0.227. The van der Waals surface area contributed by atoms with Crippen LogP contribution in [0.1, 0.15) is 29.9 Å². The topological polar surface area (TPSA) is 149 Å². The molecule has 0 aliphatic heterocycles. The summed E-state index contributed by atoms with van der Waals surface area (Å²) in [5, 5.41) is 18.0. The first-order chi connectivity index (χ1) is 14.5. The van der Waals surface area contributed by atoms with Crippen LogP contribution < -0.4 is 21.8 Å². The van der Waals surface area contributed by atoms with Crippen molar-refractivity contribution in [2.75, 3.05) is 5.32 Å². The van der Waals surface area contributed by atoms with E-state index in [9.17, 15) is 9.90 Å². The highest BCUT2D eigenvalue weighted by atomic mass is 16.3. The van der Waals surface area contributed by atoms with Crippen molar-refractivity contribution in [3.05, 3.63) is 62.8 Å². The van der Waals surface area contributed by atoms with Gasteiger partial charge >= 0.3 is 5.69 Å². The van der Waals surface area contributed by atoms with Crippen LogP contribution in [0.3, 0.4) is 0 Å². The van der Waals surface area contributed by atoms with Crippen LogP contribution in [-0.4, -0.2) is 45.7 Å². The molecular formula is C19H19N9O2. The molecule has 5 rings (SSSR count). The number of fused-ring (bicyclic) bond motifs is 1. The molecule has 0 bridgehead atoms. The first-order valence-electron chi connectivity index (χ1n) is 9.54. The monoisotopic (exact) mass is 405 g/mol. The van der Waals surface area contributed by atoms with E-state index in [1.165, 1.54) is 0 Å². The van der Waals surface area contributed by atoms with Gasteiger partial charge in [-0.3, -0.25) is 9.97 Å². The zero-order valence-electron chi connectivity index (χ0n) is 16.1. The number of hydrogen-bond donors (Lipinski definition) is 4. The summed E-state index contributed by atoms with van der Waals surface area (Å²) in [4.78, 5) is 34.4. The van der Waals surface area contributed by atoms with E-state index in [1.807, 2.05) is 25.1 Å². The molecule has 1 fully saturated rings. The van der Waals surface area contributed by atoms with Gasteiger partial charge in [-0.05, 0) is 38.0 Å². The van der Waals surface area contributed by atoms with Gasteiger partial charge in [0.25, 0.3) is 5.62 Å². The van der Waals surface area contributed by atoms with E-state index in [2.05, 4.69) is 40.3 Å². The molecule has 1 aliphatic rings. The number of pyridine rings is 1. The fourth-order valence-electron chi connectivity index (χ4n) is 3.03. The van der Waals surface area contributed by atoms with Gasteiger partial charge in [0.1, 0.15) is 5.69 Å². The highest BCUT2D eigenvalue weighted by Gasteiger charge is 2.21. The van der Waals surface area contributed by atoms with Gasteiger partial charge in [-0.15, -0.1) is 0 Å². The van der Waals surface area contributed by atoms with Crippen molar-refractivity contribution in [3.8, 4) is 5.88 Å². The third kappa shape index (κ3) is 3.64. The summed E-state index contributed by atoms with van der Waals surface area (Å²) in [5.41, 5.74) is 2.51. The second-order valence-corrected chi connectivity index (χ2v) is 7.15. The van der Waals surface area contributed by atoms with E-state index in [1.54, 1.807) is 16.8 Å². The normalized spacial score (nSPS) is 15.2. The minimum atomic E-state index is -0.498. The molecule has 0 aromatic carbocycles. The Labute approximate surface area is 169 Å². The number of aromatic amines is 2. The molecule has 4 N–H and O–H groups in total. The van der Waals surface area contributed by atoms with Crippen molar-refractivity contribution in [2.45, 2.75) is 32.4 Å². The number of aryl methyl sites for hydroxylation is 1. The van der Waals surface area contributed by atoms with Crippen molar-refractivity contribution in [3.63, 3.8) is 0 Å². The summed E-state index contributed by atoms with van der Waals surface area (Å²) >= 11 is 0. The standard InChI is InChI=1S/C19H19N9O2/c1-10-3-2-4-13(22-10)9-20-17-25-15-11(7-14-16(29)26-19(30)24-14)8-21-28(15)18(27-17)23-12-5-6-12/h2-4,7-8,12,29H,5-6,9H2,1H3,(H,20,23,27)(H2,24,26,30)/b11-7+. The van der Waals surface area contributed by atoms with E-state index in [0.717, 1.165) is 24.2 Å². The minimum Gasteiger partial charge on any atom is -0.493 e. The molecule has 0 amide bonds. The van der Waals surface area contributed by atoms with Crippen molar-refractivity contribution >= 4 is 17.7 Å². The summed E-state index contributed by atoms with van der Waals surface area (Å²) in [7, 11) is 0. The average molecular weight is 405 g/mol. The number of nitrogens with zero attached hydrogens (tertiary/aromatic N) is 6. The van der Waals surface area contributed by atoms with Crippen LogP contribution in [0.15, 0.2) is 34.2 Å². The van der Waals surface area contributed by atoms with Crippen molar-refractivity contribution in [2.24, 2.45) is 4.99 Å². The number of aromatic nitrogens is 7. The lowest BCUT2D eigenvalue weighted by Crippen LogP contribution is -2.24. The maximum atomic E-state index is 11.4. The molecule has 0 radical (unpaired) electrons. The Balaban J connectivity index is 1.59. The predicted molar refractivity (Wildman–Crippen MR) is 108 cm³/mol. The third-order valence-corrected chi connectivity index (χ3v) is 4.63. The molecule has 1 saturated carbocycles. The number of imidazole rings is 1. The molecular weight excluding hydrogens is 386 g/mol. The Kier molecular flexibility index (Phi) is 4.27. The average Bonchev–Trinajstić information content (AvgIpc) is 3.35. The van der Waals surface area contributed by atoms with Crippen molar-refractivity contribution in [1.29, 1.82) is 0 Å². The molecule has 11 heteroatoms. The van der Waals surface area contributed by atoms with E-state index >= 15 is 0 Å². The van der Waals surface area contributed by atoms with Crippen molar-refractivity contribution < 1.29 is 5.11 Å². The van der Waals surface area contributed by atoms with Gasteiger partial charge in [0.05, 0.1) is 24.5 Å². The Morgan fingerprint density at radius 2 is 2.17 bits per heavy atom. The lowest BCUT2D eigenvalue weighted by atomic mass is 10.3. The van der Waals surface area contributed by atoms with Gasteiger partial charge in [0, 0.05) is 10.9 Å². The fraction of sp³-hybridized carbons (Fsp3) is 0.263. The Bertz CT molecular complexity index is 1410. The molecule has 0 unspecified atom stereocenters. The maximum Gasteiger partial charge on any atom is 0.326 e. The highest BCUT2D eigenvalue weighted by Crippen LogP contribution is 2.22.